The van der Waals surface area contributed by atoms with Gasteiger partial charge in [0.05, 0.1) is 45.2 Å². The fraction of sp³-hybridized carbons (Fsp3) is 0.391. The Labute approximate surface area is 382 Å². The number of tetrazole rings is 1. The molecular formula is C46H55N8O9S2-. The molecule has 346 valence electrons. The molecule has 2 N–H and O–H groups in total. The van der Waals surface area contributed by atoms with Crippen LogP contribution in [0.4, 0.5) is 10.5 Å². The number of hydrogen-bond donors (Lipinski definition) is 1. The summed E-state index contributed by atoms with van der Waals surface area (Å²) in [6, 6.07) is 23.4. The molecule has 1 aliphatic heterocycles. The number of anilines is 1. The predicted molar refractivity (Wildman–Crippen MR) is 245 cm³/mol. The van der Waals surface area contributed by atoms with Crippen LogP contribution in [0, 0.1) is 0 Å². The Kier molecular flexibility index (Phi) is 14.6. The summed E-state index contributed by atoms with van der Waals surface area (Å²) in [5.41, 5.74) is 8.97. The SMILES string of the molecule is COc1ccc(CN(Cc2ccc(OC)cc2)S(=O)(=O)c2c(N([C@@H]3CCN(C(=O)OC(C)(C)C)C3)S(=O)[O-])ccc(C3=C[C@H](N)CCC3)c2-c2nnn(Cc3ccc(OC)cc3)n2)cc1. The molecular weight excluding hydrogens is 873 g/mol. The number of nitrogens with zero attached hydrogens (tertiary/aromatic N) is 7. The summed E-state index contributed by atoms with van der Waals surface area (Å²) in [7, 11) is -0.102. The van der Waals surface area contributed by atoms with Crippen molar-refractivity contribution < 1.29 is 40.9 Å². The van der Waals surface area contributed by atoms with E-state index in [4.69, 9.17) is 29.8 Å². The average Bonchev–Trinajstić information content (AvgIpc) is 3.97. The molecule has 2 heterocycles. The number of rotatable bonds is 16. The van der Waals surface area contributed by atoms with Gasteiger partial charge in [0.15, 0.2) is 0 Å². The number of methoxy groups -OCH3 is 3. The van der Waals surface area contributed by atoms with Gasteiger partial charge in [-0.05, 0) is 122 Å². The van der Waals surface area contributed by atoms with Gasteiger partial charge in [-0.2, -0.15) is 9.10 Å². The number of benzene rings is 4. The molecule has 0 bridgehead atoms. The second-order valence-corrected chi connectivity index (χ2v) is 19.7. The molecule has 65 heavy (non-hydrogen) atoms. The van der Waals surface area contributed by atoms with Gasteiger partial charge in [-0.25, -0.2) is 13.2 Å². The van der Waals surface area contributed by atoms with Gasteiger partial charge in [0.1, 0.15) is 27.7 Å². The van der Waals surface area contributed by atoms with Crippen molar-refractivity contribution in [2.75, 3.05) is 38.7 Å². The summed E-state index contributed by atoms with van der Waals surface area (Å²) < 4.78 is 83.9. The lowest BCUT2D eigenvalue weighted by atomic mass is 9.88. The van der Waals surface area contributed by atoms with E-state index < -0.39 is 39.0 Å². The average molecular weight is 928 g/mol. The number of likely N-dealkylation sites (tertiary alicyclic amines) is 1. The number of ether oxygens (including phenoxy) is 4. The van der Waals surface area contributed by atoms with Crippen LogP contribution in [0.5, 0.6) is 17.2 Å². The first-order chi connectivity index (χ1) is 31.1. The molecule has 0 radical (unpaired) electrons. The van der Waals surface area contributed by atoms with Crippen LogP contribution >= 0.6 is 0 Å². The maximum Gasteiger partial charge on any atom is 0.410 e. The van der Waals surface area contributed by atoms with Crippen molar-refractivity contribution >= 4 is 38.6 Å². The Balaban J connectivity index is 1.46. The predicted octanol–water partition coefficient (Wildman–Crippen LogP) is 6.31. The van der Waals surface area contributed by atoms with Gasteiger partial charge < -0.3 is 34.1 Å². The van der Waals surface area contributed by atoms with E-state index in [1.807, 2.05) is 30.3 Å². The van der Waals surface area contributed by atoms with Crippen molar-refractivity contribution in [1.29, 1.82) is 0 Å². The number of amides is 1. The number of nitrogens with two attached hydrogens (primary N) is 1. The fourth-order valence-corrected chi connectivity index (χ4v) is 10.6. The lowest BCUT2D eigenvalue weighted by molar-refractivity contribution is 0.0292. The van der Waals surface area contributed by atoms with Gasteiger partial charge in [0.2, 0.25) is 15.8 Å². The highest BCUT2D eigenvalue weighted by atomic mass is 32.2. The highest BCUT2D eigenvalue weighted by Crippen LogP contribution is 2.45. The summed E-state index contributed by atoms with van der Waals surface area (Å²) in [5.74, 6) is 1.80. The zero-order valence-corrected chi connectivity index (χ0v) is 39.0. The minimum absolute atomic E-state index is 0.0405. The first-order valence-corrected chi connectivity index (χ1v) is 23.7. The molecule has 3 atom stereocenters. The zero-order chi connectivity index (χ0) is 46.5. The zero-order valence-electron chi connectivity index (χ0n) is 37.4. The third kappa shape index (κ3) is 11.2. The smallest absolute Gasteiger partial charge is 0.410 e. The minimum Gasteiger partial charge on any atom is -0.755 e. The van der Waals surface area contributed by atoms with Crippen LogP contribution in [-0.4, -0.2) is 105 Å². The molecule has 0 spiro atoms. The van der Waals surface area contributed by atoms with Gasteiger partial charge in [-0.15, -0.1) is 10.2 Å². The standard InChI is InChI=1S/C46H56N8O9S2/c1-46(2,3)63-45(55)51-25-24-36(30-51)54(64(56)57)41-23-22-40(34-8-7-9-35(47)26-34)42(44-48-50-53(49-44)29-33-14-20-39(62-6)21-15-33)43(41)65(58,59)52(27-31-10-16-37(60-4)17-11-31)28-32-12-18-38(61-5)19-13-32/h10-23,26,35-36H,7-9,24-25,27-30,47H2,1-6H3,(H,56,57)/p-1/t35-,36-/m1/s1. The topological polar surface area (TPSA) is 208 Å². The number of hydrogen-bond acceptors (Lipinski definition) is 13. The molecule has 1 saturated heterocycles. The molecule has 17 nitrogen and oxygen atoms in total. The Morgan fingerprint density at radius 2 is 1.43 bits per heavy atom. The normalized spacial score (nSPS) is 17.1. The molecule has 4 aromatic carbocycles. The lowest BCUT2D eigenvalue weighted by Crippen LogP contribution is -2.42. The van der Waals surface area contributed by atoms with Crippen molar-refractivity contribution in [2.45, 2.75) is 88.7 Å². The van der Waals surface area contributed by atoms with E-state index >= 15 is 8.42 Å². The highest BCUT2D eigenvalue weighted by molar-refractivity contribution is 7.89. The van der Waals surface area contributed by atoms with Gasteiger partial charge in [-0.3, -0.25) is 8.51 Å². The van der Waals surface area contributed by atoms with Crippen LogP contribution in [-0.2, 0) is 45.7 Å². The van der Waals surface area contributed by atoms with Gasteiger partial charge in [-0.1, -0.05) is 48.5 Å². The quantitative estimate of drug-likeness (QED) is 0.108. The molecule has 2 aliphatic rings. The third-order valence-corrected chi connectivity index (χ3v) is 13.9. The Morgan fingerprint density at radius 1 is 0.862 bits per heavy atom. The first kappa shape index (κ1) is 47.1. The van der Waals surface area contributed by atoms with E-state index in [1.54, 1.807) is 96.7 Å². The van der Waals surface area contributed by atoms with Gasteiger partial charge >= 0.3 is 6.09 Å². The first-order valence-electron chi connectivity index (χ1n) is 21.2. The second kappa shape index (κ2) is 20.1. The third-order valence-electron chi connectivity index (χ3n) is 11.2. The Morgan fingerprint density at radius 3 is 1.95 bits per heavy atom. The van der Waals surface area contributed by atoms with Crippen molar-refractivity contribution in [3.05, 3.63) is 113 Å². The summed E-state index contributed by atoms with van der Waals surface area (Å²) in [6.07, 6.45) is 3.52. The van der Waals surface area contributed by atoms with Crippen molar-refractivity contribution in [3.8, 4) is 28.6 Å². The van der Waals surface area contributed by atoms with E-state index in [1.165, 1.54) is 20.1 Å². The van der Waals surface area contributed by atoms with Gasteiger partial charge in [0, 0.05) is 43.5 Å². The molecule has 1 fully saturated rings. The van der Waals surface area contributed by atoms with Crippen LogP contribution in [0.1, 0.15) is 68.7 Å². The molecule has 19 heteroatoms. The number of carbonyl (C=O) groups is 1. The summed E-state index contributed by atoms with van der Waals surface area (Å²) in [5, 5.41) is 13.7. The molecule has 1 aromatic heterocycles. The van der Waals surface area contributed by atoms with E-state index in [2.05, 4.69) is 10.3 Å². The molecule has 0 saturated carbocycles. The summed E-state index contributed by atoms with van der Waals surface area (Å²) >= 11 is -3.05. The molecule has 1 amide bonds. The fourth-order valence-electron chi connectivity index (χ4n) is 8.03. The van der Waals surface area contributed by atoms with Crippen LogP contribution < -0.4 is 24.2 Å². The minimum atomic E-state index is -4.77. The van der Waals surface area contributed by atoms with Crippen LogP contribution in [0.3, 0.4) is 0 Å². The lowest BCUT2D eigenvalue weighted by Gasteiger charge is -2.36. The van der Waals surface area contributed by atoms with Gasteiger partial charge in [0.25, 0.3) is 0 Å². The number of aromatic nitrogens is 4. The van der Waals surface area contributed by atoms with Crippen molar-refractivity contribution in [2.24, 2.45) is 5.73 Å². The highest BCUT2D eigenvalue weighted by Gasteiger charge is 2.40. The summed E-state index contributed by atoms with van der Waals surface area (Å²) in [4.78, 5) is 15.7. The number of carbonyl (C=O) groups excluding carboxylic acids is 1. The molecule has 1 aliphatic carbocycles. The second-order valence-electron chi connectivity index (χ2n) is 17.0. The Hall–Kier alpha value is -5.86. The molecule has 5 aromatic rings. The van der Waals surface area contributed by atoms with Crippen molar-refractivity contribution in [1.82, 2.24) is 29.4 Å². The maximum atomic E-state index is 16.2. The van der Waals surface area contributed by atoms with E-state index in [0.29, 0.717) is 40.4 Å². The van der Waals surface area contributed by atoms with Crippen LogP contribution in [0.15, 0.2) is 95.9 Å². The van der Waals surface area contributed by atoms with Crippen LogP contribution in [0.25, 0.3) is 17.0 Å². The number of sulfonamides is 1. The maximum absolute atomic E-state index is 16.2. The molecule has 7 rings (SSSR count). The van der Waals surface area contributed by atoms with E-state index in [-0.39, 0.29) is 67.2 Å². The van der Waals surface area contributed by atoms with E-state index in [9.17, 15) is 13.6 Å². The monoisotopic (exact) mass is 927 g/mol. The summed E-state index contributed by atoms with van der Waals surface area (Å²) in [6.45, 7) is 5.30. The van der Waals surface area contributed by atoms with Crippen molar-refractivity contribution in [3.63, 3.8) is 0 Å². The largest absolute Gasteiger partial charge is 0.755 e. The van der Waals surface area contributed by atoms with E-state index in [0.717, 1.165) is 28.3 Å². The van der Waals surface area contributed by atoms with Crippen LogP contribution in [0.2, 0.25) is 0 Å². The molecule has 1 unspecified atom stereocenters. The number of allylic oxidation sites excluding steroid dienone is 1. The Bertz CT molecular complexity index is 2570.